The molecule has 2 aromatic heterocycles. The second-order valence-corrected chi connectivity index (χ2v) is 13.8. The first-order valence-corrected chi connectivity index (χ1v) is 17.9. The topological polar surface area (TPSA) is 232 Å². The average Bonchev–Trinajstić information content (AvgIpc) is 3.79. The Morgan fingerprint density at radius 3 is 2.22 bits per heavy atom. The first-order valence-electron chi connectivity index (χ1n) is 15.8. The summed E-state index contributed by atoms with van der Waals surface area (Å²) in [6, 6.07) is 0.211. The van der Waals surface area contributed by atoms with Crippen molar-refractivity contribution in [3.05, 3.63) is 11.6 Å². The number of fused-ring (bicyclic) bond motifs is 1. The molecule has 19 nitrogen and oxygen atoms in total. The Labute approximate surface area is 287 Å². The fraction of sp³-hybridized carbons (Fsp3) is 0.714. The minimum absolute atomic E-state index is 0.0509. The van der Waals surface area contributed by atoms with Gasteiger partial charge in [-0.25, -0.2) is 14.6 Å². The molecule has 1 saturated carbocycles. The highest BCUT2D eigenvalue weighted by molar-refractivity contribution is 7.54. The summed E-state index contributed by atoms with van der Waals surface area (Å²) in [6.07, 6.45) is -1.70. The number of carbonyl (C=O) groups excluding carboxylic acids is 3. The molecule has 2 fully saturated rings. The van der Waals surface area contributed by atoms with Crippen molar-refractivity contribution in [3.63, 3.8) is 0 Å². The SMILES string of the molecule is CCCOC(=O)OCOP(=O)(CC(=O)N(C)C[C@H]1O[C@@H](n2cnc3c(NC4CCCC4)nc(Cl)nc32)[C@H](O)[C@@H]1O)OCOC(=O)OCCC. The highest BCUT2D eigenvalue weighted by Gasteiger charge is 2.45. The van der Waals surface area contributed by atoms with Gasteiger partial charge >= 0.3 is 19.9 Å². The second kappa shape index (κ2) is 18.1. The van der Waals surface area contributed by atoms with Gasteiger partial charge in [-0.2, -0.15) is 9.97 Å². The molecule has 3 heterocycles. The van der Waals surface area contributed by atoms with Crippen molar-refractivity contribution in [2.24, 2.45) is 0 Å². The number of rotatable bonds is 17. The van der Waals surface area contributed by atoms with Crippen LogP contribution in [0.5, 0.6) is 0 Å². The zero-order valence-corrected chi connectivity index (χ0v) is 29.0. The van der Waals surface area contributed by atoms with Crippen LogP contribution >= 0.6 is 19.2 Å². The molecule has 274 valence electrons. The number of aliphatic hydroxyl groups is 2. The summed E-state index contributed by atoms with van der Waals surface area (Å²) < 4.78 is 50.0. The largest absolute Gasteiger partial charge is 0.510 e. The number of ether oxygens (including phenoxy) is 5. The molecule has 2 aliphatic rings. The molecule has 0 spiro atoms. The number of hydrogen-bond donors (Lipinski definition) is 3. The molecule has 3 N–H and O–H groups in total. The van der Waals surface area contributed by atoms with Crippen molar-refractivity contribution in [1.29, 1.82) is 0 Å². The Kier molecular flexibility index (Phi) is 14.2. The zero-order valence-electron chi connectivity index (χ0n) is 27.4. The second-order valence-electron chi connectivity index (χ2n) is 11.4. The van der Waals surface area contributed by atoms with Gasteiger partial charge in [-0.15, -0.1) is 0 Å². The van der Waals surface area contributed by atoms with Gasteiger partial charge in [-0.1, -0.05) is 26.7 Å². The number of carbonyl (C=O) groups is 3. The fourth-order valence-electron chi connectivity index (χ4n) is 5.10. The Bertz CT molecular complexity index is 1450. The fourth-order valence-corrected chi connectivity index (χ4v) is 6.52. The normalized spacial score (nSPS) is 21.1. The molecule has 4 atom stereocenters. The molecule has 21 heteroatoms. The molecule has 0 aromatic carbocycles. The minimum atomic E-state index is -4.42. The van der Waals surface area contributed by atoms with Crippen LogP contribution in [-0.2, 0) is 42.1 Å². The standard InChI is InChI=1S/C28H42ClN6O13P/c1-4-10-42-27(39)44-15-46-49(41,47-16-45-28(40)43-11-5-2)13-19(36)34(3)12-18-21(37)22(38)25(48-18)35-14-30-20-23(31-17-8-6-7-9-17)32-26(29)33-24(20)35/h14,17-18,21-22,25,37-38H,4-13,15-16H2,1-3H3,(H,31,32,33)/t18-,21-,22-,25-/m1/s1. The maximum atomic E-state index is 13.5. The van der Waals surface area contributed by atoms with Gasteiger partial charge in [0, 0.05) is 19.6 Å². The summed E-state index contributed by atoms with van der Waals surface area (Å²) in [5, 5.41) is 25.1. The molecule has 0 unspecified atom stereocenters. The van der Waals surface area contributed by atoms with E-state index in [-0.39, 0.29) is 36.7 Å². The molecule has 1 aliphatic carbocycles. The lowest BCUT2D eigenvalue weighted by atomic mass is 10.1. The van der Waals surface area contributed by atoms with E-state index in [4.69, 9.17) is 44.3 Å². The zero-order chi connectivity index (χ0) is 35.6. The third-order valence-electron chi connectivity index (χ3n) is 7.61. The molecule has 1 saturated heterocycles. The lowest BCUT2D eigenvalue weighted by molar-refractivity contribution is -0.130. The van der Waals surface area contributed by atoms with Crippen molar-refractivity contribution in [2.75, 3.05) is 51.9 Å². The van der Waals surface area contributed by atoms with Gasteiger partial charge in [0.1, 0.15) is 24.5 Å². The summed E-state index contributed by atoms with van der Waals surface area (Å²) in [5.41, 5.74) is 0.664. The number of amides is 1. The van der Waals surface area contributed by atoms with E-state index in [0.717, 1.165) is 30.6 Å². The maximum absolute atomic E-state index is 13.5. The van der Waals surface area contributed by atoms with Gasteiger partial charge in [0.25, 0.3) is 0 Å². The van der Waals surface area contributed by atoms with Gasteiger partial charge in [0.05, 0.1) is 19.5 Å². The van der Waals surface area contributed by atoms with Crippen molar-refractivity contribution >= 4 is 54.4 Å². The van der Waals surface area contributed by atoms with Crippen molar-refractivity contribution < 1.29 is 61.9 Å². The highest BCUT2D eigenvalue weighted by Crippen LogP contribution is 2.48. The molecular weight excluding hydrogens is 695 g/mol. The molecule has 49 heavy (non-hydrogen) atoms. The smallest absolute Gasteiger partial charge is 0.434 e. The van der Waals surface area contributed by atoms with Crippen LogP contribution in [0.4, 0.5) is 15.4 Å². The predicted octanol–water partition coefficient (Wildman–Crippen LogP) is 3.18. The molecule has 1 amide bonds. The first kappa shape index (κ1) is 38.5. The van der Waals surface area contributed by atoms with E-state index < -0.39 is 70.1 Å². The van der Waals surface area contributed by atoms with Gasteiger partial charge < -0.3 is 44.1 Å². The van der Waals surface area contributed by atoms with E-state index in [2.05, 4.69) is 20.3 Å². The first-order chi connectivity index (χ1) is 23.4. The number of nitrogens with zero attached hydrogens (tertiary/aromatic N) is 5. The van der Waals surface area contributed by atoms with Gasteiger partial charge in [0.2, 0.25) is 24.8 Å². The van der Waals surface area contributed by atoms with Crippen LogP contribution in [0.2, 0.25) is 5.28 Å². The minimum Gasteiger partial charge on any atom is -0.434 e. The molecule has 2 aromatic rings. The van der Waals surface area contributed by atoms with E-state index in [0.29, 0.717) is 24.2 Å². The number of aromatic nitrogens is 4. The average molecular weight is 737 g/mol. The third-order valence-corrected chi connectivity index (χ3v) is 9.43. The van der Waals surface area contributed by atoms with Crippen molar-refractivity contribution in [3.8, 4) is 0 Å². The van der Waals surface area contributed by atoms with E-state index in [1.54, 1.807) is 13.8 Å². The van der Waals surface area contributed by atoms with Gasteiger partial charge in [-0.05, 0) is 37.3 Å². The Morgan fingerprint density at radius 2 is 1.63 bits per heavy atom. The highest BCUT2D eigenvalue weighted by atomic mass is 35.5. The quantitative estimate of drug-likeness (QED) is 0.0916. The summed E-state index contributed by atoms with van der Waals surface area (Å²) in [5.74, 6) is -0.370. The van der Waals surface area contributed by atoms with E-state index in [1.807, 2.05) is 0 Å². The summed E-state index contributed by atoms with van der Waals surface area (Å²) in [6.45, 7) is 1.61. The molecule has 1 aliphatic heterocycles. The number of nitrogens with one attached hydrogen (secondary N) is 1. The molecule has 0 bridgehead atoms. The van der Waals surface area contributed by atoms with Crippen LogP contribution in [0.3, 0.4) is 0 Å². The number of aliphatic hydroxyl groups excluding tert-OH is 2. The van der Waals surface area contributed by atoms with Crippen molar-refractivity contribution in [1.82, 2.24) is 24.4 Å². The Balaban J connectivity index is 1.40. The number of anilines is 1. The molecule has 4 rings (SSSR count). The number of hydrogen-bond acceptors (Lipinski definition) is 17. The summed E-state index contributed by atoms with van der Waals surface area (Å²) in [4.78, 5) is 50.5. The monoisotopic (exact) mass is 736 g/mol. The summed E-state index contributed by atoms with van der Waals surface area (Å²) in [7, 11) is -3.09. The van der Waals surface area contributed by atoms with Crippen LogP contribution in [0.1, 0.15) is 58.6 Å². The van der Waals surface area contributed by atoms with Crippen LogP contribution in [0.15, 0.2) is 6.33 Å². The lowest BCUT2D eigenvalue weighted by Crippen LogP contribution is -2.41. The maximum Gasteiger partial charge on any atom is 0.510 e. The van der Waals surface area contributed by atoms with Crippen LogP contribution in [0.25, 0.3) is 11.2 Å². The van der Waals surface area contributed by atoms with Crippen molar-refractivity contribution in [2.45, 2.75) is 83.0 Å². The molecular formula is C28H42ClN6O13P. The predicted molar refractivity (Wildman–Crippen MR) is 170 cm³/mol. The van der Waals surface area contributed by atoms with Crippen LogP contribution in [0, 0.1) is 0 Å². The molecule has 0 radical (unpaired) electrons. The number of imidazole rings is 1. The van der Waals surface area contributed by atoms with Crippen LogP contribution < -0.4 is 5.32 Å². The Hall–Kier alpha value is -3.32. The van der Waals surface area contributed by atoms with E-state index in [1.165, 1.54) is 17.9 Å². The number of halogens is 1. The van der Waals surface area contributed by atoms with E-state index >= 15 is 0 Å². The number of likely N-dealkylation sites (N-methyl/N-ethyl adjacent to an activating group) is 1. The lowest BCUT2D eigenvalue weighted by Gasteiger charge is -2.25. The Morgan fingerprint density at radius 1 is 1.02 bits per heavy atom. The van der Waals surface area contributed by atoms with E-state index in [9.17, 15) is 29.2 Å². The summed E-state index contributed by atoms with van der Waals surface area (Å²) >= 11 is 6.22. The third kappa shape index (κ3) is 10.6. The van der Waals surface area contributed by atoms with Gasteiger partial charge in [-0.3, -0.25) is 23.0 Å². The van der Waals surface area contributed by atoms with Crippen LogP contribution in [-0.4, -0.2) is 124 Å². The van der Waals surface area contributed by atoms with Gasteiger partial charge in [0.15, 0.2) is 23.2 Å².